The number of ether oxygens (including phenoxy) is 1. The molecule has 88 valence electrons. The summed E-state index contributed by atoms with van der Waals surface area (Å²) >= 11 is 0. The highest BCUT2D eigenvalue weighted by molar-refractivity contribution is 5.44. The van der Waals surface area contributed by atoms with Crippen molar-refractivity contribution in [1.29, 1.82) is 0 Å². The Morgan fingerprint density at radius 3 is 3.29 bits per heavy atom. The normalized spacial score (nSPS) is 17.8. The van der Waals surface area contributed by atoms with Gasteiger partial charge in [-0.15, -0.1) is 0 Å². The molecule has 17 heavy (non-hydrogen) atoms. The molecule has 1 aliphatic rings. The number of phenolic OH excluding ortho intramolecular Hbond substituents is 1. The van der Waals surface area contributed by atoms with Gasteiger partial charge in [0.1, 0.15) is 18.1 Å². The number of imidazole rings is 1. The Kier molecular flexibility index (Phi) is 2.45. The number of H-pyrrole nitrogens is 1. The van der Waals surface area contributed by atoms with Crippen molar-refractivity contribution in [2.45, 2.75) is 12.6 Å². The zero-order valence-corrected chi connectivity index (χ0v) is 9.18. The predicted octanol–water partition coefficient (Wildman–Crippen LogP) is 1.34. The average molecular weight is 231 g/mol. The lowest BCUT2D eigenvalue weighted by molar-refractivity contribution is 0.309. The van der Waals surface area contributed by atoms with Gasteiger partial charge in [0, 0.05) is 30.1 Å². The minimum absolute atomic E-state index is 0.161. The van der Waals surface area contributed by atoms with Gasteiger partial charge in [-0.3, -0.25) is 0 Å². The predicted molar refractivity (Wildman–Crippen MR) is 61.8 cm³/mol. The molecule has 0 fully saturated rings. The van der Waals surface area contributed by atoms with Crippen LogP contribution < -0.4 is 10.1 Å². The summed E-state index contributed by atoms with van der Waals surface area (Å²) in [7, 11) is 0. The van der Waals surface area contributed by atoms with Crippen LogP contribution in [0.1, 0.15) is 17.3 Å². The zero-order chi connectivity index (χ0) is 11.7. The molecule has 0 saturated carbocycles. The molecule has 1 atom stereocenters. The van der Waals surface area contributed by atoms with E-state index in [-0.39, 0.29) is 11.8 Å². The molecular weight excluding hydrogens is 218 g/mol. The smallest absolute Gasteiger partial charge is 0.127 e. The second-order valence-electron chi connectivity index (χ2n) is 4.04. The van der Waals surface area contributed by atoms with E-state index in [2.05, 4.69) is 15.3 Å². The van der Waals surface area contributed by atoms with E-state index in [1.807, 2.05) is 6.07 Å². The van der Waals surface area contributed by atoms with Gasteiger partial charge < -0.3 is 20.1 Å². The van der Waals surface area contributed by atoms with E-state index in [0.717, 1.165) is 17.0 Å². The van der Waals surface area contributed by atoms with E-state index in [1.165, 1.54) is 0 Å². The minimum atomic E-state index is 0.161. The summed E-state index contributed by atoms with van der Waals surface area (Å²) in [6.07, 6.45) is 3.45. The molecule has 1 aromatic heterocycles. The summed E-state index contributed by atoms with van der Waals surface area (Å²) < 4.78 is 5.51. The highest BCUT2D eigenvalue weighted by Gasteiger charge is 2.23. The third-order valence-corrected chi connectivity index (χ3v) is 2.87. The van der Waals surface area contributed by atoms with E-state index in [4.69, 9.17) is 4.74 Å². The number of nitrogens with zero attached hydrogens (tertiary/aromatic N) is 1. The maximum atomic E-state index is 9.35. The number of aromatic nitrogens is 2. The third-order valence-electron chi connectivity index (χ3n) is 2.87. The molecule has 0 amide bonds. The number of aromatic hydroxyl groups is 1. The Morgan fingerprint density at radius 1 is 1.53 bits per heavy atom. The molecule has 1 unspecified atom stereocenters. The van der Waals surface area contributed by atoms with Gasteiger partial charge in [-0.2, -0.15) is 0 Å². The Labute approximate surface area is 98.5 Å². The lowest BCUT2D eigenvalue weighted by Crippen LogP contribution is -2.22. The summed E-state index contributed by atoms with van der Waals surface area (Å²) in [5.41, 5.74) is 2.12. The molecule has 5 nitrogen and oxygen atoms in total. The quantitative estimate of drug-likeness (QED) is 0.745. The first-order valence-corrected chi connectivity index (χ1v) is 5.49. The summed E-state index contributed by atoms with van der Waals surface area (Å²) in [6, 6.07) is 5.38. The van der Waals surface area contributed by atoms with Crippen LogP contribution in [0, 0.1) is 0 Å². The first-order valence-electron chi connectivity index (χ1n) is 5.49. The van der Waals surface area contributed by atoms with Crippen LogP contribution in [-0.4, -0.2) is 21.7 Å². The minimum Gasteiger partial charge on any atom is -0.508 e. The maximum Gasteiger partial charge on any atom is 0.127 e. The van der Waals surface area contributed by atoms with Crippen molar-refractivity contribution in [1.82, 2.24) is 15.3 Å². The van der Waals surface area contributed by atoms with Gasteiger partial charge in [0.25, 0.3) is 0 Å². The van der Waals surface area contributed by atoms with Crippen LogP contribution >= 0.6 is 0 Å². The van der Waals surface area contributed by atoms with Gasteiger partial charge in [-0.1, -0.05) is 0 Å². The van der Waals surface area contributed by atoms with Gasteiger partial charge in [0.05, 0.1) is 12.4 Å². The van der Waals surface area contributed by atoms with Crippen molar-refractivity contribution >= 4 is 0 Å². The van der Waals surface area contributed by atoms with Crippen LogP contribution in [0.4, 0.5) is 0 Å². The van der Waals surface area contributed by atoms with Crippen LogP contribution in [0.5, 0.6) is 11.5 Å². The van der Waals surface area contributed by atoms with Crippen molar-refractivity contribution in [2.75, 3.05) is 6.61 Å². The summed E-state index contributed by atoms with van der Waals surface area (Å²) in [4.78, 5) is 7.00. The zero-order valence-electron chi connectivity index (χ0n) is 9.18. The van der Waals surface area contributed by atoms with Crippen molar-refractivity contribution in [3.05, 3.63) is 42.0 Å². The number of hydrogen-bond acceptors (Lipinski definition) is 4. The van der Waals surface area contributed by atoms with E-state index in [9.17, 15) is 5.11 Å². The van der Waals surface area contributed by atoms with E-state index in [0.29, 0.717) is 13.2 Å². The second kappa shape index (κ2) is 4.10. The molecule has 1 aliphatic heterocycles. The third kappa shape index (κ3) is 1.97. The molecule has 1 aromatic carbocycles. The van der Waals surface area contributed by atoms with Crippen molar-refractivity contribution in [2.24, 2.45) is 0 Å². The van der Waals surface area contributed by atoms with E-state index in [1.54, 1.807) is 24.7 Å². The highest BCUT2D eigenvalue weighted by Crippen LogP contribution is 2.34. The maximum absolute atomic E-state index is 9.35. The number of aromatic amines is 1. The van der Waals surface area contributed by atoms with E-state index < -0.39 is 0 Å². The number of nitrogens with one attached hydrogen (secondary N) is 2. The molecular formula is C12H13N3O2. The van der Waals surface area contributed by atoms with Crippen LogP contribution in [0.15, 0.2) is 30.7 Å². The lowest BCUT2D eigenvalue weighted by atomic mass is 10.1. The fourth-order valence-electron chi connectivity index (χ4n) is 1.98. The molecule has 0 saturated heterocycles. The van der Waals surface area contributed by atoms with Crippen LogP contribution in [0.3, 0.4) is 0 Å². The molecule has 0 spiro atoms. The fourth-order valence-corrected chi connectivity index (χ4v) is 1.98. The number of fused-ring (bicyclic) bond motifs is 1. The number of phenols is 1. The second-order valence-corrected chi connectivity index (χ2v) is 4.04. The van der Waals surface area contributed by atoms with Gasteiger partial charge in [-0.05, 0) is 12.1 Å². The Balaban J connectivity index is 1.71. The number of rotatable bonds is 3. The Morgan fingerprint density at radius 2 is 2.47 bits per heavy atom. The first-order chi connectivity index (χ1) is 8.33. The topological polar surface area (TPSA) is 70.2 Å². The monoisotopic (exact) mass is 231 g/mol. The largest absolute Gasteiger partial charge is 0.508 e. The SMILES string of the molecule is Oc1ccc2c(c1)OCC2NCc1cnc[nH]1. The summed E-state index contributed by atoms with van der Waals surface area (Å²) in [6.45, 7) is 1.31. The number of hydrogen-bond donors (Lipinski definition) is 3. The summed E-state index contributed by atoms with van der Waals surface area (Å²) in [5.74, 6) is 0.991. The Hall–Kier alpha value is -2.01. The molecule has 0 radical (unpaired) electrons. The van der Waals surface area contributed by atoms with Gasteiger partial charge in [-0.25, -0.2) is 4.98 Å². The average Bonchev–Trinajstić information content (AvgIpc) is 2.94. The molecule has 2 aromatic rings. The standard InChI is InChI=1S/C12H13N3O2/c16-9-1-2-10-11(6-17-12(10)3-9)14-5-8-4-13-7-15-8/h1-4,7,11,14,16H,5-6H2,(H,13,15). The molecule has 3 N–H and O–H groups in total. The first kappa shape index (κ1) is 10.2. The van der Waals surface area contributed by atoms with Crippen molar-refractivity contribution < 1.29 is 9.84 Å². The van der Waals surface area contributed by atoms with Crippen molar-refractivity contribution in [3.63, 3.8) is 0 Å². The number of benzene rings is 1. The van der Waals surface area contributed by atoms with Crippen LogP contribution in [0.2, 0.25) is 0 Å². The molecule has 0 aliphatic carbocycles. The van der Waals surface area contributed by atoms with Gasteiger partial charge in [0.2, 0.25) is 0 Å². The molecule has 3 rings (SSSR count). The Bertz CT molecular complexity index is 510. The van der Waals surface area contributed by atoms with Crippen LogP contribution in [-0.2, 0) is 6.54 Å². The lowest BCUT2D eigenvalue weighted by Gasteiger charge is -2.10. The molecule has 0 bridgehead atoms. The van der Waals surface area contributed by atoms with Gasteiger partial charge in [0.15, 0.2) is 0 Å². The van der Waals surface area contributed by atoms with Crippen molar-refractivity contribution in [3.8, 4) is 11.5 Å². The molecule has 2 heterocycles. The summed E-state index contributed by atoms with van der Waals surface area (Å²) in [5, 5.41) is 12.7. The van der Waals surface area contributed by atoms with Crippen LogP contribution in [0.25, 0.3) is 0 Å². The van der Waals surface area contributed by atoms with Gasteiger partial charge >= 0.3 is 0 Å². The molecule has 5 heteroatoms. The van der Waals surface area contributed by atoms with E-state index >= 15 is 0 Å². The highest BCUT2D eigenvalue weighted by atomic mass is 16.5. The fraction of sp³-hybridized carbons (Fsp3) is 0.250.